The third-order valence-corrected chi connectivity index (χ3v) is 4.58. The number of aromatic nitrogens is 2. The number of nitrogens with zero attached hydrogens (tertiary/aromatic N) is 2. The molecule has 0 bridgehead atoms. The van der Waals surface area contributed by atoms with Crippen LogP contribution in [0.1, 0.15) is 26.3 Å². The molecule has 0 unspecified atom stereocenters. The van der Waals surface area contributed by atoms with Crippen molar-refractivity contribution in [3.8, 4) is 0 Å². The topological polar surface area (TPSA) is 72.0 Å². The van der Waals surface area contributed by atoms with Gasteiger partial charge in [0.1, 0.15) is 6.33 Å². The maximum absolute atomic E-state index is 15.0. The average Bonchev–Trinajstić information content (AvgIpc) is 2.78. The van der Waals surface area contributed by atoms with Crippen molar-refractivity contribution in [1.82, 2.24) is 9.97 Å². The van der Waals surface area contributed by atoms with Crippen molar-refractivity contribution in [1.29, 1.82) is 0 Å². The minimum atomic E-state index is -1.75. The summed E-state index contributed by atoms with van der Waals surface area (Å²) < 4.78 is 69.9. The first-order valence-corrected chi connectivity index (χ1v) is 8.94. The van der Waals surface area contributed by atoms with E-state index in [1.54, 1.807) is 0 Å². The number of hydrogen-bond donors (Lipinski definition) is 1. The smallest absolute Gasteiger partial charge is 0.255 e. The zero-order valence-electron chi connectivity index (χ0n) is 15.8. The summed E-state index contributed by atoms with van der Waals surface area (Å²) in [5.41, 5.74) is -2.20. The van der Waals surface area contributed by atoms with E-state index in [9.17, 15) is 31.5 Å². The summed E-state index contributed by atoms with van der Waals surface area (Å²) >= 11 is 0. The maximum Gasteiger partial charge on any atom is 0.255 e. The summed E-state index contributed by atoms with van der Waals surface area (Å²) in [6.45, 7) is 0. The Morgan fingerprint density at radius 1 is 0.781 bits per heavy atom. The van der Waals surface area contributed by atoms with Gasteiger partial charge in [-0.3, -0.25) is 9.59 Å². The second-order valence-corrected chi connectivity index (χ2v) is 6.62. The van der Waals surface area contributed by atoms with Gasteiger partial charge >= 0.3 is 0 Å². The molecule has 4 rings (SSSR count). The highest BCUT2D eigenvalue weighted by molar-refractivity contribution is 6.12. The van der Waals surface area contributed by atoms with Crippen LogP contribution in [-0.4, -0.2) is 21.7 Å². The second kappa shape index (κ2) is 8.14. The fraction of sp³-hybridized carbons (Fsp3) is 0. The predicted molar refractivity (Wildman–Crippen MR) is 104 cm³/mol. The second-order valence-electron chi connectivity index (χ2n) is 6.62. The summed E-state index contributed by atoms with van der Waals surface area (Å²) in [7, 11) is 0. The molecule has 10 heteroatoms. The molecule has 0 aliphatic rings. The molecule has 1 heterocycles. The molecule has 0 saturated carbocycles. The van der Waals surface area contributed by atoms with Crippen molar-refractivity contribution in [2.24, 2.45) is 0 Å². The highest BCUT2D eigenvalue weighted by Crippen LogP contribution is 2.28. The van der Waals surface area contributed by atoms with Gasteiger partial charge in [0, 0.05) is 28.8 Å². The molecule has 4 aromatic rings. The number of benzene rings is 3. The average molecular weight is 443 g/mol. The SMILES string of the molecule is O=C(Nc1cc(F)c(F)c(C(=O)c2ccc3ncncc3c2)c1F)c1ccc(F)c(F)c1. The molecular formula is C22H10F5N3O2. The van der Waals surface area contributed by atoms with Crippen LogP contribution < -0.4 is 5.32 Å². The van der Waals surface area contributed by atoms with Crippen LogP contribution in [0, 0.1) is 29.1 Å². The molecule has 0 spiro atoms. The molecule has 0 radical (unpaired) electrons. The van der Waals surface area contributed by atoms with Crippen molar-refractivity contribution in [2.45, 2.75) is 0 Å². The van der Waals surface area contributed by atoms with Crippen LogP contribution in [0.3, 0.4) is 0 Å². The van der Waals surface area contributed by atoms with Crippen molar-refractivity contribution in [3.63, 3.8) is 0 Å². The van der Waals surface area contributed by atoms with Gasteiger partial charge in [-0.05, 0) is 36.4 Å². The van der Waals surface area contributed by atoms with E-state index in [2.05, 4.69) is 9.97 Å². The predicted octanol–water partition coefficient (Wildman–Crippen LogP) is 4.81. The van der Waals surface area contributed by atoms with Gasteiger partial charge in [0.05, 0.1) is 16.8 Å². The Morgan fingerprint density at radius 3 is 2.28 bits per heavy atom. The molecule has 1 amide bonds. The molecule has 0 aliphatic carbocycles. The number of halogens is 5. The Kier molecular flexibility index (Phi) is 5.35. The van der Waals surface area contributed by atoms with Gasteiger partial charge in [-0.25, -0.2) is 31.9 Å². The largest absolute Gasteiger partial charge is 0.319 e. The Morgan fingerprint density at radius 2 is 1.53 bits per heavy atom. The number of ketones is 1. The van der Waals surface area contributed by atoms with Crippen molar-refractivity contribution in [3.05, 3.63) is 101 Å². The number of rotatable bonds is 4. The van der Waals surface area contributed by atoms with Crippen molar-refractivity contribution >= 4 is 28.3 Å². The lowest BCUT2D eigenvalue weighted by Gasteiger charge is -2.12. The first-order valence-electron chi connectivity index (χ1n) is 8.94. The Hall–Kier alpha value is -4.21. The van der Waals surface area contributed by atoms with Crippen LogP contribution >= 0.6 is 0 Å². The first kappa shape index (κ1) is 21.0. The quantitative estimate of drug-likeness (QED) is 0.279. The summed E-state index contributed by atoms with van der Waals surface area (Å²) in [4.78, 5) is 32.8. The molecule has 3 aromatic carbocycles. The monoisotopic (exact) mass is 443 g/mol. The van der Waals surface area contributed by atoms with Crippen molar-refractivity contribution in [2.75, 3.05) is 5.32 Å². The van der Waals surface area contributed by atoms with Crippen LogP contribution in [0.4, 0.5) is 27.6 Å². The van der Waals surface area contributed by atoms with Gasteiger partial charge in [0.25, 0.3) is 5.91 Å². The first-order chi connectivity index (χ1) is 15.3. The molecule has 1 aromatic heterocycles. The summed E-state index contributed by atoms with van der Waals surface area (Å²) in [6.07, 6.45) is 2.66. The van der Waals surface area contributed by atoms with E-state index in [1.807, 2.05) is 5.32 Å². The zero-order valence-corrected chi connectivity index (χ0v) is 15.8. The van der Waals surface area contributed by atoms with E-state index in [-0.39, 0.29) is 5.56 Å². The molecule has 0 atom stereocenters. The molecule has 0 fully saturated rings. The van der Waals surface area contributed by atoms with Crippen LogP contribution in [-0.2, 0) is 0 Å². The van der Waals surface area contributed by atoms with Gasteiger partial charge in [-0.1, -0.05) is 0 Å². The van der Waals surface area contributed by atoms with Crippen LogP contribution in [0.25, 0.3) is 10.9 Å². The lowest BCUT2D eigenvalue weighted by atomic mass is 9.99. The molecular weight excluding hydrogens is 433 g/mol. The fourth-order valence-electron chi connectivity index (χ4n) is 3.00. The van der Waals surface area contributed by atoms with Crippen LogP contribution in [0.15, 0.2) is 55.0 Å². The van der Waals surface area contributed by atoms with Gasteiger partial charge < -0.3 is 5.32 Å². The Labute approximate surface area is 176 Å². The Balaban J connectivity index is 1.73. The number of carbonyl (C=O) groups excluding carboxylic acids is 2. The third kappa shape index (κ3) is 3.78. The Bertz CT molecular complexity index is 1410. The van der Waals surface area contributed by atoms with Gasteiger partial charge in [0.2, 0.25) is 0 Å². The number of hydrogen-bond acceptors (Lipinski definition) is 4. The van der Waals surface area contributed by atoms with E-state index in [1.165, 1.54) is 30.7 Å². The zero-order chi connectivity index (χ0) is 23.0. The van der Waals surface area contributed by atoms with Gasteiger partial charge in [-0.2, -0.15) is 0 Å². The highest BCUT2D eigenvalue weighted by atomic mass is 19.2. The van der Waals surface area contributed by atoms with E-state index in [4.69, 9.17) is 0 Å². The van der Waals surface area contributed by atoms with Crippen LogP contribution in [0.5, 0.6) is 0 Å². The molecule has 1 N–H and O–H groups in total. The van der Waals surface area contributed by atoms with Gasteiger partial charge in [-0.15, -0.1) is 0 Å². The maximum atomic E-state index is 15.0. The highest BCUT2D eigenvalue weighted by Gasteiger charge is 2.26. The minimum Gasteiger partial charge on any atom is -0.319 e. The lowest BCUT2D eigenvalue weighted by molar-refractivity contribution is 0.101. The minimum absolute atomic E-state index is 0.173. The van der Waals surface area contributed by atoms with Crippen molar-refractivity contribution < 1.29 is 31.5 Å². The normalized spacial score (nSPS) is 10.9. The standard InChI is InChI=1S/C22H10F5N3O2/c23-13-3-1-11(6-14(13)24)22(32)30-17-7-15(25)19(26)18(20(17)27)21(31)10-2-4-16-12(5-10)8-28-9-29-16/h1-9H,(H,30,32). The fourth-order valence-corrected chi connectivity index (χ4v) is 3.00. The number of amides is 1. The summed E-state index contributed by atoms with van der Waals surface area (Å²) in [5, 5.41) is 2.34. The number of fused-ring (bicyclic) bond motifs is 1. The van der Waals surface area contributed by atoms with E-state index < -0.39 is 57.6 Å². The van der Waals surface area contributed by atoms with Gasteiger partial charge in [0.15, 0.2) is 34.9 Å². The third-order valence-electron chi connectivity index (χ3n) is 4.58. The van der Waals surface area contributed by atoms with E-state index in [0.29, 0.717) is 29.1 Å². The molecule has 32 heavy (non-hydrogen) atoms. The number of anilines is 1. The van der Waals surface area contributed by atoms with E-state index >= 15 is 0 Å². The molecule has 0 aliphatic heterocycles. The van der Waals surface area contributed by atoms with Crippen LogP contribution in [0.2, 0.25) is 0 Å². The lowest BCUT2D eigenvalue weighted by Crippen LogP contribution is -2.17. The summed E-state index contributed by atoms with van der Waals surface area (Å²) in [6, 6.07) is 6.42. The summed E-state index contributed by atoms with van der Waals surface area (Å²) in [5.74, 6) is -9.74. The van der Waals surface area contributed by atoms with E-state index in [0.717, 1.165) is 6.07 Å². The molecule has 160 valence electrons. The number of carbonyl (C=O) groups is 2. The number of nitrogens with one attached hydrogen (secondary N) is 1. The molecule has 5 nitrogen and oxygen atoms in total. The molecule has 0 saturated heterocycles.